The van der Waals surface area contributed by atoms with E-state index in [2.05, 4.69) is 158 Å². The van der Waals surface area contributed by atoms with Crippen LogP contribution in [0.15, 0.2) is 200 Å². The number of nitrogens with zero attached hydrogens (tertiary/aromatic N) is 3. The van der Waals surface area contributed by atoms with E-state index in [1.54, 1.807) is 0 Å². The van der Waals surface area contributed by atoms with Gasteiger partial charge in [0.1, 0.15) is 0 Å². The Bertz CT molecular complexity index is 3050. The molecule has 8 aromatic carbocycles. The van der Waals surface area contributed by atoms with Crippen molar-refractivity contribution in [2.45, 2.75) is 13.3 Å². The van der Waals surface area contributed by atoms with Crippen molar-refractivity contribution in [3.05, 3.63) is 223 Å². The van der Waals surface area contributed by atoms with E-state index in [1.165, 1.54) is 49.4 Å². The first-order chi connectivity index (χ1) is 29.6. The fourth-order valence-corrected chi connectivity index (χ4v) is 8.15. The number of anilines is 1. The van der Waals surface area contributed by atoms with Gasteiger partial charge >= 0.3 is 0 Å². The third-order valence-electron chi connectivity index (χ3n) is 11.3. The van der Waals surface area contributed by atoms with E-state index in [-0.39, 0.29) is 0 Å². The summed E-state index contributed by atoms with van der Waals surface area (Å²) in [6.07, 6.45) is 9.65. The van der Waals surface area contributed by atoms with Crippen LogP contribution in [0.1, 0.15) is 29.4 Å². The molecule has 0 unspecified atom stereocenters. The second kappa shape index (κ2) is 16.3. The molecule has 0 saturated heterocycles. The molecule has 0 aliphatic carbocycles. The van der Waals surface area contributed by atoms with Crippen LogP contribution in [-0.2, 0) is 6.42 Å². The second-order valence-electron chi connectivity index (χ2n) is 15.3. The van der Waals surface area contributed by atoms with Crippen molar-refractivity contribution < 1.29 is 0 Å². The van der Waals surface area contributed by atoms with E-state index in [0.717, 1.165) is 52.1 Å². The molecule has 0 amide bonds. The van der Waals surface area contributed by atoms with Crippen LogP contribution in [0.2, 0.25) is 0 Å². The molecule has 60 heavy (non-hydrogen) atoms. The smallest absolute Gasteiger partial charge is 0.164 e. The zero-order valence-electron chi connectivity index (χ0n) is 33.4. The van der Waals surface area contributed by atoms with Gasteiger partial charge in [-0.15, -0.1) is 0 Å². The summed E-state index contributed by atoms with van der Waals surface area (Å²) in [7, 11) is 0. The van der Waals surface area contributed by atoms with Crippen molar-refractivity contribution in [1.82, 2.24) is 15.0 Å². The molecule has 4 heteroatoms. The Morgan fingerprint density at radius 3 is 1.93 bits per heavy atom. The fraction of sp³-hybridized carbons (Fsp3) is 0.0536. The summed E-state index contributed by atoms with van der Waals surface area (Å²) < 4.78 is 0. The summed E-state index contributed by atoms with van der Waals surface area (Å²) in [4.78, 5) is 15.0. The van der Waals surface area contributed by atoms with Gasteiger partial charge in [-0.25, -0.2) is 15.0 Å². The van der Waals surface area contributed by atoms with Gasteiger partial charge in [-0.3, -0.25) is 0 Å². The minimum atomic E-state index is 0.644. The zero-order chi connectivity index (χ0) is 40.3. The lowest BCUT2D eigenvalue weighted by atomic mass is 9.92. The summed E-state index contributed by atoms with van der Waals surface area (Å²) in [5.74, 6) is 1.94. The molecule has 10 rings (SSSR count). The third-order valence-corrected chi connectivity index (χ3v) is 11.3. The molecular weight excluding hydrogens is 729 g/mol. The molecule has 0 fully saturated rings. The number of rotatable bonds is 9. The van der Waals surface area contributed by atoms with Crippen LogP contribution >= 0.6 is 0 Å². The van der Waals surface area contributed by atoms with Crippen LogP contribution in [0.4, 0.5) is 5.69 Å². The highest BCUT2D eigenvalue weighted by Crippen LogP contribution is 2.36. The van der Waals surface area contributed by atoms with Crippen LogP contribution in [0.3, 0.4) is 0 Å². The molecule has 9 aromatic rings. The lowest BCUT2D eigenvalue weighted by Crippen LogP contribution is -2.04. The summed E-state index contributed by atoms with van der Waals surface area (Å²) in [5.41, 5.74) is 13.5. The summed E-state index contributed by atoms with van der Waals surface area (Å²) in [5, 5.41) is 8.60. The van der Waals surface area contributed by atoms with Gasteiger partial charge in [0, 0.05) is 23.4 Å². The first kappa shape index (κ1) is 36.6. The van der Waals surface area contributed by atoms with E-state index in [9.17, 15) is 0 Å². The number of nitrogens with one attached hydrogen (secondary N) is 1. The fourth-order valence-electron chi connectivity index (χ4n) is 8.15. The molecular formula is C56H42N4. The maximum atomic E-state index is 5.05. The number of hydrogen-bond donors (Lipinski definition) is 1. The van der Waals surface area contributed by atoms with Crippen LogP contribution in [0, 0.1) is 0 Å². The highest BCUT2D eigenvalue weighted by atomic mass is 15.0. The number of allylic oxidation sites excluding steroid dienone is 4. The quantitative estimate of drug-likeness (QED) is 0.117. The van der Waals surface area contributed by atoms with Gasteiger partial charge in [0.15, 0.2) is 17.5 Å². The molecule has 1 aliphatic heterocycles. The Morgan fingerprint density at radius 2 is 1.18 bits per heavy atom. The summed E-state index contributed by atoms with van der Waals surface area (Å²) in [6, 6.07) is 64.5. The Morgan fingerprint density at radius 1 is 0.550 bits per heavy atom. The number of hydrogen-bond acceptors (Lipinski definition) is 4. The molecule has 1 aliphatic rings. The Balaban J connectivity index is 1.04. The number of aromatic nitrogens is 3. The number of benzene rings is 8. The predicted molar refractivity (Wildman–Crippen MR) is 252 cm³/mol. The van der Waals surface area contributed by atoms with E-state index in [4.69, 9.17) is 15.0 Å². The van der Waals surface area contributed by atoms with Gasteiger partial charge in [-0.1, -0.05) is 182 Å². The first-order valence-corrected chi connectivity index (χ1v) is 20.5. The Kier molecular flexibility index (Phi) is 9.94. The second-order valence-corrected chi connectivity index (χ2v) is 15.3. The van der Waals surface area contributed by atoms with E-state index < -0.39 is 0 Å². The monoisotopic (exact) mass is 770 g/mol. The Labute approximate surface area is 351 Å². The normalized spacial score (nSPS) is 12.7. The third kappa shape index (κ3) is 7.55. The average molecular weight is 771 g/mol. The van der Waals surface area contributed by atoms with Gasteiger partial charge in [0.25, 0.3) is 0 Å². The molecule has 0 spiro atoms. The molecule has 0 bridgehead atoms. The number of fused-ring (bicyclic) bond motifs is 4. The molecule has 1 N–H and O–H groups in total. The molecule has 2 heterocycles. The standard InChI is InChI=1S/C56H42N4/c1-38(54-58-55(42-14-4-2-5-15-42)60-56(59-54)43-16-6-3-7-17-43)34-46(44-19-12-20-45(35-44)47-32-31-41-21-13-33-57-53(41)37-47)30-27-39-25-28-40(29-26-39)52-36-48-18-8-9-22-49(48)50-23-10-11-24-51(50)52/h2-26,28-32,34-37,57H,27,33H2,1H3/b38-34+,46-30+. The summed E-state index contributed by atoms with van der Waals surface area (Å²) >= 11 is 0. The minimum Gasteiger partial charge on any atom is -0.381 e. The van der Waals surface area contributed by atoms with Gasteiger partial charge in [-0.05, 0) is 109 Å². The maximum Gasteiger partial charge on any atom is 0.164 e. The predicted octanol–water partition coefficient (Wildman–Crippen LogP) is 14.0. The van der Waals surface area contributed by atoms with Crippen LogP contribution in [-0.4, -0.2) is 21.5 Å². The Hall–Kier alpha value is -7.69. The largest absolute Gasteiger partial charge is 0.381 e. The van der Waals surface area contributed by atoms with Gasteiger partial charge in [0.05, 0.1) is 0 Å². The maximum absolute atomic E-state index is 5.05. The molecule has 4 nitrogen and oxygen atoms in total. The zero-order valence-corrected chi connectivity index (χ0v) is 33.4. The van der Waals surface area contributed by atoms with Gasteiger partial charge < -0.3 is 5.32 Å². The van der Waals surface area contributed by atoms with Crippen molar-refractivity contribution in [1.29, 1.82) is 0 Å². The summed E-state index contributed by atoms with van der Waals surface area (Å²) in [6.45, 7) is 2.93. The SMILES string of the molecule is C/C(=C\C(=C/Cc1ccc(-c2cc3ccccc3c3ccccc23)cc1)c1cccc(-c2ccc3c(c2)NCC=C3)c1)c1nc(-c2ccccc2)nc(-c2ccccc2)n1. The first-order valence-electron chi connectivity index (χ1n) is 20.5. The van der Waals surface area contributed by atoms with Crippen LogP contribution in [0.5, 0.6) is 0 Å². The van der Waals surface area contributed by atoms with Crippen molar-refractivity contribution in [2.24, 2.45) is 0 Å². The molecule has 0 radical (unpaired) electrons. The van der Waals surface area contributed by atoms with E-state index in [1.807, 2.05) is 60.7 Å². The van der Waals surface area contributed by atoms with Crippen molar-refractivity contribution in [3.8, 4) is 45.0 Å². The van der Waals surface area contributed by atoms with E-state index >= 15 is 0 Å². The van der Waals surface area contributed by atoms with Crippen molar-refractivity contribution in [3.63, 3.8) is 0 Å². The molecule has 0 atom stereocenters. The van der Waals surface area contributed by atoms with Crippen LogP contribution < -0.4 is 5.32 Å². The van der Waals surface area contributed by atoms with Crippen LogP contribution in [0.25, 0.3) is 83.8 Å². The van der Waals surface area contributed by atoms with Crippen molar-refractivity contribution >= 4 is 44.5 Å². The highest BCUT2D eigenvalue weighted by Gasteiger charge is 2.14. The van der Waals surface area contributed by atoms with Crippen molar-refractivity contribution in [2.75, 3.05) is 11.9 Å². The minimum absolute atomic E-state index is 0.644. The average Bonchev–Trinajstić information content (AvgIpc) is 3.33. The van der Waals surface area contributed by atoms with Gasteiger partial charge in [0.2, 0.25) is 0 Å². The molecule has 0 saturated carbocycles. The van der Waals surface area contributed by atoms with Gasteiger partial charge in [-0.2, -0.15) is 0 Å². The highest BCUT2D eigenvalue weighted by molar-refractivity contribution is 6.13. The topological polar surface area (TPSA) is 50.7 Å². The molecule has 286 valence electrons. The van der Waals surface area contributed by atoms with E-state index in [0.29, 0.717) is 17.5 Å². The molecule has 1 aromatic heterocycles. The lowest BCUT2D eigenvalue weighted by molar-refractivity contribution is 1.03. The lowest BCUT2D eigenvalue weighted by Gasteiger charge is -2.15.